The van der Waals surface area contributed by atoms with Crippen molar-refractivity contribution in [2.75, 3.05) is 6.54 Å². The Kier molecular flexibility index (Phi) is 4.35. The lowest BCUT2D eigenvalue weighted by molar-refractivity contribution is 0.111. The van der Waals surface area contributed by atoms with Crippen LogP contribution in [0.2, 0.25) is 0 Å². The van der Waals surface area contributed by atoms with Gasteiger partial charge < -0.3 is 8.94 Å². The highest BCUT2D eigenvalue weighted by molar-refractivity contribution is 5.02. The minimum Gasteiger partial charge on any atom is -0.423 e. The van der Waals surface area contributed by atoms with Crippen LogP contribution in [-0.2, 0) is 12.0 Å². The number of hydrogen-bond donors (Lipinski definition) is 0. The molecule has 1 saturated carbocycles. The van der Waals surface area contributed by atoms with Crippen LogP contribution in [0.1, 0.15) is 94.8 Å². The molecule has 7 heteroatoms. The fourth-order valence-electron chi connectivity index (χ4n) is 3.47. The van der Waals surface area contributed by atoms with Crippen LogP contribution in [0.25, 0.3) is 0 Å². The molecule has 7 nitrogen and oxygen atoms in total. The smallest absolute Gasteiger partial charge is 0.233 e. The van der Waals surface area contributed by atoms with Crippen molar-refractivity contribution in [3.8, 4) is 0 Å². The fourth-order valence-corrected chi connectivity index (χ4v) is 3.47. The van der Waals surface area contributed by atoms with E-state index in [0.717, 1.165) is 30.6 Å². The molecule has 25 heavy (non-hydrogen) atoms. The van der Waals surface area contributed by atoms with Crippen LogP contribution in [-0.4, -0.2) is 31.8 Å². The molecule has 2 aromatic heterocycles. The predicted octanol–water partition coefficient (Wildman–Crippen LogP) is 3.74. The Morgan fingerprint density at radius 2 is 1.84 bits per heavy atom. The van der Waals surface area contributed by atoms with E-state index in [1.807, 2.05) is 0 Å². The Labute approximate surface area is 148 Å². The summed E-state index contributed by atoms with van der Waals surface area (Å²) in [6.45, 7) is 7.88. The van der Waals surface area contributed by atoms with Gasteiger partial charge in [0.2, 0.25) is 17.7 Å². The SMILES string of the molecule is CC(C)(C)c1nc(CN2CCCCC2c2nnc(C3CCC3)o2)no1. The van der Waals surface area contributed by atoms with Crippen LogP contribution in [0.15, 0.2) is 8.94 Å². The molecule has 0 radical (unpaired) electrons. The number of likely N-dealkylation sites (tertiary alicyclic amines) is 1. The molecule has 1 saturated heterocycles. The van der Waals surface area contributed by atoms with Crippen LogP contribution in [0.3, 0.4) is 0 Å². The molecule has 136 valence electrons. The van der Waals surface area contributed by atoms with E-state index < -0.39 is 0 Å². The molecule has 2 fully saturated rings. The van der Waals surface area contributed by atoms with Gasteiger partial charge in [-0.1, -0.05) is 38.8 Å². The summed E-state index contributed by atoms with van der Waals surface area (Å²) in [6, 6.07) is 0.159. The molecule has 0 N–H and O–H groups in total. The predicted molar refractivity (Wildman–Crippen MR) is 90.9 cm³/mol. The van der Waals surface area contributed by atoms with Crippen LogP contribution >= 0.6 is 0 Å². The van der Waals surface area contributed by atoms with Crippen molar-refractivity contribution in [1.82, 2.24) is 25.2 Å². The van der Waals surface area contributed by atoms with E-state index in [1.54, 1.807) is 0 Å². The zero-order valence-corrected chi connectivity index (χ0v) is 15.4. The molecule has 1 aliphatic carbocycles. The van der Waals surface area contributed by atoms with Gasteiger partial charge in [0.25, 0.3) is 0 Å². The van der Waals surface area contributed by atoms with E-state index in [9.17, 15) is 0 Å². The first-order chi connectivity index (χ1) is 12.0. The van der Waals surface area contributed by atoms with Gasteiger partial charge in [-0.3, -0.25) is 4.90 Å². The second-order valence-electron chi connectivity index (χ2n) is 8.35. The summed E-state index contributed by atoms with van der Waals surface area (Å²) >= 11 is 0. The van der Waals surface area contributed by atoms with E-state index in [2.05, 4.69) is 46.0 Å². The highest BCUT2D eigenvalue weighted by atomic mass is 16.5. The second kappa shape index (κ2) is 6.52. The van der Waals surface area contributed by atoms with E-state index in [1.165, 1.54) is 32.1 Å². The molecule has 3 heterocycles. The summed E-state index contributed by atoms with van der Waals surface area (Å²) in [6.07, 6.45) is 7.01. The number of rotatable bonds is 4. The summed E-state index contributed by atoms with van der Waals surface area (Å²) in [5.41, 5.74) is -0.128. The quantitative estimate of drug-likeness (QED) is 0.834. The van der Waals surface area contributed by atoms with Gasteiger partial charge in [0, 0.05) is 11.3 Å². The van der Waals surface area contributed by atoms with Crippen LogP contribution < -0.4 is 0 Å². The first-order valence-electron chi connectivity index (χ1n) is 9.41. The van der Waals surface area contributed by atoms with Crippen LogP contribution in [0, 0.1) is 0 Å². The lowest BCUT2D eigenvalue weighted by Crippen LogP contribution is -2.33. The van der Waals surface area contributed by atoms with E-state index in [4.69, 9.17) is 8.94 Å². The van der Waals surface area contributed by atoms with Gasteiger partial charge in [-0.15, -0.1) is 10.2 Å². The molecule has 0 spiro atoms. The monoisotopic (exact) mass is 345 g/mol. The number of nitrogens with zero attached hydrogens (tertiary/aromatic N) is 5. The van der Waals surface area contributed by atoms with Gasteiger partial charge in [0.15, 0.2) is 5.82 Å². The van der Waals surface area contributed by atoms with Crippen LogP contribution in [0.5, 0.6) is 0 Å². The van der Waals surface area contributed by atoms with Crippen LogP contribution in [0.4, 0.5) is 0 Å². The molecule has 0 aromatic carbocycles. The molecule has 4 rings (SSSR count). The zero-order valence-electron chi connectivity index (χ0n) is 15.4. The topological polar surface area (TPSA) is 81.1 Å². The first-order valence-corrected chi connectivity index (χ1v) is 9.41. The van der Waals surface area contributed by atoms with Crippen molar-refractivity contribution in [2.24, 2.45) is 0 Å². The zero-order chi connectivity index (χ0) is 17.4. The average Bonchev–Trinajstić information content (AvgIpc) is 3.15. The van der Waals surface area contributed by atoms with E-state index >= 15 is 0 Å². The third-order valence-corrected chi connectivity index (χ3v) is 5.26. The maximum atomic E-state index is 6.03. The molecule has 1 aliphatic heterocycles. The second-order valence-corrected chi connectivity index (χ2v) is 8.35. The molecular formula is C18H27N5O2. The molecule has 2 aliphatic rings. The highest BCUT2D eigenvalue weighted by Gasteiger charge is 2.32. The van der Waals surface area contributed by atoms with E-state index in [0.29, 0.717) is 18.4 Å². The number of hydrogen-bond acceptors (Lipinski definition) is 7. The Morgan fingerprint density at radius 1 is 1.04 bits per heavy atom. The van der Waals surface area contributed by atoms with Gasteiger partial charge in [0.1, 0.15) is 0 Å². The summed E-state index contributed by atoms with van der Waals surface area (Å²) in [5, 5.41) is 12.8. The molecule has 0 amide bonds. The van der Waals surface area contributed by atoms with Crippen molar-refractivity contribution in [3.05, 3.63) is 23.5 Å². The molecule has 1 atom stereocenters. The van der Waals surface area contributed by atoms with Gasteiger partial charge in [0.05, 0.1) is 12.6 Å². The lowest BCUT2D eigenvalue weighted by atomic mass is 9.85. The van der Waals surface area contributed by atoms with Gasteiger partial charge in [-0.25, -0.2) is 0 Å². The standard InChI is InChI=1S/C18H27N5O2/c1-18(2,3)17-19-14(22-25-17)11-23-10-5-4-9-13(23)16-21-20-15(24-16)12-7-6-8-12/h12-13H,4-11H2,1-3H3. The first kappa shape index (κ1) is 16.7. The van der Waals surface area contributed by atoms with E-state index in [-0.39, 0.29) is 11.5 Å². The summed E-state index contributed by atoms with van der Waals surface area (Å²) in [4.78, 5) is 6.92. The number of aromatic nitrogens is 4. The summed E-state index contributed by atoms with van der Waals surface area (Å²) in [5.74, 6) is 3.46. The lowest BCUT2D eigenvalue weighted by Gasteiger charge is -2.32. The van der Waals surface area contributed by atoms with Gasteiger partial charge in [-0.2, -0.15) is 4.98 Å². The Balaban J connectivity index is 1.49. The van der Waals surface area contributed by atoms with Crippen molar-refractivity contribution in [3.63, 3.8) is 0 Å². The third-order valence-electron chi connectivity index (χ3n) is 5.26. The maximum absolute atomic E-state index is 6.03. The molecule has 2 aromatic rings. The minimum atomic E-state index is -0.128. The molecule has 1 unspecified atom stereocenters. The fraction of sp³-hybridized carbons (Fsp3) is 0.778. The Morgan fingerprint density at radius 3 is 2.52 bits per heavy atom. The van der Waals surface area contributed by atoms with Crippen molar-refractivity contribution < 1.29 is 8.94 Å². The Hall–Kier alpha value is -1.76. The minimum absolute atomic E-state index is 0.128. The molecular weight excluding hydrogens is 318 g/mol. The maximum Gasteiger partial charge on any atom is 0.233 e. The highest BCUT2D eigenvalue weighted by Crippen LogP contribution is 2.38. The third kappa shape index (κ3) is 3.47. The number of piperidine rings is 1. The Bertz CT molecular complexity index is 713. The van der Waals surface area contributed by atoms with Crippen molar-refractivity contribution >= 4 is 0 Å². The van der Waals surface area contributed by atoms with Gasteiger partial charge >= 0.3 is 0 Å². The average molecular weight is 345 g/mol. The molecule has 0 bridgehead atoms. The van der Waals surface area contributed by atoms with Crippen molar-refractivity contribution in [1.29, 1.82) is 0 Å². The largest absolute Gasteiger partial charge is 0.423 e. The van der Waals surface area contributed by atoms with Crippen molar-refractivity contribution in [2.45, 2.75) is 83.2 Å². The van der Waals surface area contributed by atoms with Gasteiger partial charge in [-0.05, 0) is 32.2 Å². The normalized spacial score (nSPS) is 22.9. The summed E-state index contributed by atoms with van der Waals surface area (Å²) < 4.78 is 11.5. The summed E-state index contributed by atoms with van der Waals surface area (Å²) in [7, 11) is 0.